The number of anilines is 1. The highest BCUT2D eigenvalue weighted by Gasteiger charge is 2.19. The number of amides is 1. The Labute approximate surface area is 222 Å². The Kier molecular flexibility index (Phi) is 7.16. The van der Waals surface area contributed by atoms with Gasteiger partial charge in [-0.2, -0.15) is 4.99 Å². The molecule has 1 N–H and O–H groups in total. The van der Waals surface area contributed by atoms with E-state index < -0.39 is 21.9 Å². The summed E-state index contributed by atoms with van der Waals surface area (Å²) in [5.74, 6) is 0.0282. The van der Waals surface area contributed by atoms with Crippen molar-refractivity contribution in [2.75, 3.05) is 24.5 Å². The second-order valence-corrected chi connectivity index (χ2v) is 10.8. The van der Waals surface area contributed by atoms with Crippen molar-refractivity contribution in [1.29, 1.82) is 0 Å². The fourth-order valence-electron chi connectivity index (χ4n) is 3.86. The number of sulfonamides is 1. The molecular weight excluding hydrogens is 530 g/mol. The van der Waals surface area contributed by atoms with Gasteiger partial charge in [0.05, 0.1) is 21.7 Å². The van der Waals surface area contributed by atoms with E-state index in [1.54, 1.807) is 54.0 Å². The van der Waals surface area contributed by atoms with Gasteiger partial charge in [-0.25, -0.2) is 8.42 Å². The molecule has 0 saturated heterocycles. The van der Waals surface area contributed by atoms with Crippen LogP contribution < -0.4 is 19.0 Å². The van der Waals surface area contributed by atoms with Crippen LogP contribution in [0.25, 0.3) is 10.2 Å². The Morgan fingerprint density at radius 1 is 1.03 bits per heavy atom. The number of nitrogens with one attached hydrogen (secondary N) is 1. The molecule has 1 amide bonds. The average Bonchev–Trinajstić information content (AvgIpc) is 3.23. The summed E-state index contributed by atoms with van der Waals surface area (Å²) in [6.07, 6.45) is 0. The second kappa shape index (κ2) is 10.7. The number of hydrogen-bond acceptors (Lipinski definition) is 8. The molecule has 2 heterocycles. The predicted molar refractivity (Wildman–Crippen MR) is 141 cm³/mol. The van der Waals surface area contributed by atoms with Gasteiger partial charge in [-0.15, -0.1) is 0 Å². The molecule has 1 aliphatic rings. The summed E-state index contributed by atoms with van der Waals surface area (Å²) in [4.78, 5) is 30.2. The number of rotatable bonds is 7. The van der Waals surface area contributed by atoms with Crippen molar-refractivity contribution in [3.8, 4) is 11.5 Å². The number of esters is 1. The van der Waals surface area contributed by atoms with E-state index in [1.165, 1.54) is 35.6 Å². The molecule has 38 heavy (non-hydrogen) atoms. The lowest BCUT2D eigenvalue weighted by Gasteiger charge is -2.18. The van der Waals surface area contributed by atoms with E-state index in [9.17, 15) is 18.0 Å². The number of carbonyl (C=O) groups excluding carboxylic acids is 2. The van der Waals surface area contributed by atoms with Crippen molar-refractivity contribution in [3.63, 3.8) is 0 Å². The molecule has 0 unspecified atom stereocenters. The molecule has 4 aromatic rings. The molecule has 1 aromatic heterocycles. The van der Waals surface area contributed by atoms with Gasteiger partial charge >= 0.3 is 5.97 Å². The first-order chi connectivity index (χ1) is 18.3. The van der Waals surface area contributed by atoms with E-state index in [4.69, 9.17) is 14.2 Å². The minimum absolute atomic E-state index is 0.0994. The van der Waals surface area contributed by atoms with Crippen molar-refractivity contribution in [3.05, 3.63) is 77.1 Å². The van der Waals surface area contributed by atoms with Crippen molar-refractivity contribution >= 4 is 49.1 Å². The summed E-state index contributed by atoms with van der Waals surface area (Å²) >= 11 is 1.21. The zero-order valence-electron chi connectivity index (χ0n) is 20.2. The van der Waals surface area contributed by atoms with Crippen LogP contribution in [0.15, 0.2) is 76.6 Å². The molecule has 196 valence electrons. The fourth-order valence-corrected chi connectivity index (χ4v) is 5.97. The van der Waals surface area contributed by atoms with Gasteiger partial charge in [0.25, 0.3) is 15.9 Å². The van der Waals surface area contributed by atoms with E-state index in [0.29, 0.717) is 30.2 Å². The highest BCUT2D eigenvalue weighted by molar-refractivity contribution is 7.92. The first-order valence-corrected chi connectivity index (χ1v) is 14.0. The summed E-state index contributed by atoms with van der Waals surface area (Å²) in [5, 5.41) is 0. The van der Waals surface area contributed by atoms with E-state index >= 15 is 0 Å². The van der Waals surface area contributed by atoms with Crippen LogP contribution in [0, 0.1) is 0 Å². The predicted octanol–water partition coefficient (Wildman–Crippen LogP) is 3.58. The number of thiazole rings is 1. The topological polar surface area (TPSA) is 125 Å². The lowest BCUT2D eigenvalue weighted by molar-refractivity contribution is -0.143. The molecule has 0 atom stereocenters. The molecule has 3 aromatic carbocycles. The normalized spacial score (nSPS) is 13.3. The van der Waals surface area contributed by atoms with Gasteiger partial charge in [0, 0.05) is 23.4 Å². The molecule has 0 spiro atoms. The standard InChI is InChI=1S/C26H23N3O7S2/c1-2-34-24(30)16-29-20-14-21-22(36-12-11-35-21)15-23(20)37-26(29)27-25(31)17-7-6-8-18(13-17)28-38(32,33)19-9-4-3-5-10-19/h3-10,13-15,28H,2,11-12,16H2,1H3. The lowest BCUT2D eigenvalue weighted by Crippen LogP contribution is -2.23. The third kappa shape index (κ3) is 5.41. The molecule has 1 aliphatic heterocycles. The Bertz CT molecular complexity index is 1690. The summed E-state index contributed by atoms with van der Waals surface area (Å²) in [6.45, 7) is 2.60. The molecule has 12 heteroatoms. The molecule has 0 radical (unpaired) electrons. The second-order valence-electron chi connectivity index (χ2n) is 8.16. The van der Waals surface area contributed by atoms with Crippen LogP contribution in [-0.4, -0.2) is 44.7 Å². The summed E-state index contributed by atoms with van der Waals surface area (Å²) in [5.41, 5.74) is 1.03. The molecular formula is C26H23N3O7S2. The number of nitrogens with zero attached hydrogens (tertiary/aromatic N) is 2. The first kappa shape index (κ1) is 25.5. The minimum atomic E-state index is -3.83. The maximum atomic E-state index is 13.2. The molecule has 0 aliphatic carbocycles. The van der Waals surface area contributed by atoms with Crippen molar-refractivity contribution in [1.82, 2.24) is 4.57 Å². The van der Waals surface area contributed by atoms with Crippen LogP contribution in [0.5, 0.6) is 11.5 Å². The van der Waals surface area contributed by atoms with Gasteiger partial charge in [0.1, 0.15) is 19.8 Å². The van der Waals surface area contributed by atoms with Gasteiger partial charge in [-0.3, -0.25) is 14.3 Å². The van der Waals surface area contributed by atoms with Gasteiger partial charge in [-0.1, -0.05) is 35.6 Å². The number of benzene rings is 3. The van der Waals surface area contributed by atoms with E-state index in [1.807, 2.05) is 0 Å². The van der Waals surface area contributed by atoms with E-state index in [0.717, 1.165) is 4.70 Å². The maximum Gasteiger partial charge on any atom is 0.326 e. The van der Waals surface area contributed by atoms with Gasteiger partial charge < -0.3 is 18.8 Å². The third-order valence-electron chi connectivity index (χ3n) is 5.55. The molecule has 0 fully saturated rings. The first-order valence-electron chi connectivity index (χ1n) is 11.7. The number of carbonyl (C=O) groups is 2. The zero-order valence-corrected chi connectivity index (χ0v) is 21.9. The van der Waals surface area contributed by atoms with Crippen LogP contribution in [0.2, 0.25) is 0 Å². The molecule has 0 saturated carbocycles. The van der Waals surface area contributed by atoms with Crippen LogP contribution in [0.4, 0.5) is 5.69 Å². The highest BCUT2D eigenvalue weighted by Crippen LogP contribution is 2.35. The summed E-state index contributed by atoms with van der Waals surface area (Å²) in [7, 11) is -3.83. The third-order valence-corrected chi connectivity index (χ3v) is 7.99. The molecule has 0 bridgehead atoms. The van der Waals surface area contributed by atoms with Gasteiger partial charge in [-0.05, 0) is 37.3 Å². The van der Waals surface area contributed by atoms with Crippen LogP contribution >= 0.6 is 11.3 Å². The Hall–Kier alpha value is -4.16. The van der Waals surface area contributed by atoms with Gasteiger partial charge in [0.15, 0.2) is 16.3 Å². The van der Waals surface area contributed by atoms with E-state index in [-0.39, 0.29) is 34.1 Å². The van der Waals surface area contributed by atoms with Crippen molar-refractivity contribution in [2.45, 2.75) is 18.4 Å². The number of fused-ring (bicyclic) bond motifs is 2. The summed E-state index contributed by atoms with van der Waals surface area (Å²) in [6, 6.07) is 17.5. The Balaban J connectivity index is 1.51. The lowest BCUT2D eigenvalue weighted by atomic mass is 10.2. The van der Waals surface area contributed by atoms with E-state index in [2.05, 4.69) is 9.71 Å². The fraction of sp³-hybridized carbons (Fsp3) is 0.192. The molecule has 5 rings (SSSR count). The Morgan fingerprint density at radius 3 is 2.50 bits per heavy atom. The highest BCUT2D eigenvalue weighted by atomic mass is 32.2. The van der Waals surface area contributed by atoms with Crippen LogP contribution in [0.3, 0.4) is 0 Å². The van der Waals surface area contributed by atoms with Crippen LogP contribution in [-0.2, 0) is 26.1 Å². The Morgan fingerprint density at radius 2 is 1.76 bits per heavy atom. The quantitative estimate of drug-likeness (QED) is 0.347. The SMILES string of the molecule is CCOC(=O)Cn1c(=NC(=O)c2cccc(NS(=O)(=O)c3ccccc3)c2)sc2cc3c(cc21)OCCO3. The average molecular weight is 554 g/mol. The van der Waals surface area contributed by atoms with Gasteiger partial charge in [0.2, 0.25) is 0 Å². The van der Waals surface area contributed by atoms with Crippen molar-refractivity contribution in [2.24, 2.45) is 4.99 Å². The number of ether oxygens (including phenoxy) is 3. The smallest absolute Gasteiger partial charge is 0.326 e. The maximum absolute atomic E-state index is 13.2. The monoisotopic (exact) mass is 553 g/mol. The number of hydrogen-bond donors (Lipinski definition) is 1. The number of aromatic nitrogens is 1. The van der Waals surface area contributed by atoms with Crippen LogP contribution in [0.1, 0.15) is 17.3 Å². The van der Waals surface area contributed by atoms with Crippen molar-refractivity contribution < 1.29 is 32.2 Å². The summed E-state index contributed by atoms with van der Waals surface area (Å²) < 4.78 is 46.7. The minimum Gasteiger partial charge on any atom is -0.486 e. The largest absolute Gasteiger partial charge is 0.486 e. The molecule has 10 nitrogen and oxygen atoms in total. The zero-order chi connectivity index (χ0) is 26.7.